The van der Waals surface area contributed by atoms with Crippen LogP contribution in [0.1, 0.15) is 5.56 Å². The lowest BCUT2D eigenvalue weighted by atomic mass is 10.1. The van der Waals surface area contributed by atoms with E-state index in [9.17, 15) is 0 Å². The van der Waals surface area contributed by atoms with E-state index in [0.717, 1.165) is 6.54 Å². The van der Waals surface area contributed by atoms with E-state index >= 15 is 0 Å². The highest BCUT2D eigenvalue weighted by atomic mass is 14.9. The van der Waals surface area contributed by atoms with Crippen LogP contribution in [0.25, 0.3) is 18.2 Å². The third-order valence-electron chi connectivity index (χ3n) is 2.45. The topological polar surface area (TPSA) is 12.0 Å². The van der Waals surface area contributed by atoms with Gasteiger partial charge in [-0.3, -0.25) is 0 Å². The van der Waals surface area contributed by atoms with Crippen molar-refractivity contribution in [1.29, 1.82) is 0 Å². The molecular formula is C11H9N. The molecule has 1 nitrogen and oxygen atoms in total. The fraction of sp³-hybridized carbons (Fsp3) is 0.0909. The van der Waals surface area contributed by atoms with Gasteiger partial charge in [-0.05, 0) is 10.4 Å². The van der Waals surface area contributed by atoms with E-state index in [4.69, 9.17) is 0 Å². The minimum absolute atomic E-state index is 0.972. The number of nitrogens with one attached hydrogen (secondary N) is 1. The molecule has 0 bridgehead atoms. The van der Waals surface area contributed by atoms with Crippen LogP contribution in [0.5, 0.6) is 0 Å². The SMILES string of the molecule is C1=Cc2c3c(ccc2=C1)=CCN3. The second-order valence-electron chi connectivity index (χ2n) is 3.14. The Morgan fingerprint density at radius 2 is 2.08 bits per heavy atom. The van der Waals surface area contributed by atoms with Gasteiger partial charge in [-0.25, -0.2) is 0 Å². The maximum Gasteiger partial charge on any atom is 0.0493 e. The summed E-state index contributed by atoms with van der Waals surface area (Å²) in [6, 6.07) is 4.36. The van der Waals surface area contributed by atoms with Gasteiger partial charge in [-0.2, -0.15) is 0 Å². The second kappa shape index (κ2) is 2.01. The molecule has 0 spiro atoms. The Labute approximate surface area is 70.7 Å². The first-order valence-corrected chi connectivity index (χ1v) is 4.21. The monoisotopic (exact) mass is 155 g/mol. The molecule has 1 aromatic rings. The summed E-state index contributed by atoms with van der Waals surface area (Å²) in [6.45, 7) is 0.972. The standard InChI is InChI=1S/C11H9N/c1-2-8-4-5-9-6-7-12-11(9)10(8)3-1/h1-6,12H,7H2. The van der Waals surface area contributed by atoms with Gasteiger partial charge in [0.05, 0.1) is 0 Å². The van der Waals surface area contributed by atoms with Crippen molar-refractivity contribution in [3.63, 3.8) is 0 Å². The van der Waals surface area contributed by atoms with Crippen molar-refractivity contribution in [1.82, 2.24) is 0 Å². The first kappa shape index (κ1) is 6.06. The van der Waals surface area contributed by atoms with Gasteiger partial charge in [0.1, 0.15) is 0 Å². The molecule has 0 saturated carbocycles. The Balaban J connectivity index is 2.50. The predicted octanol–water partition coefficient (Wildman–Crippen LogP) is 0.700. The molecule has 0 atom stereocenters. The molecule has 1 aliphatic heterocycles. The number of benzene rings is 1. The van der Waals surface area contributed by atoms with Crippen molar-refractivity contribution >= 4 is 23.9 Å². The summed E-state index contributed by atoms with van der Waals surface area (Å²) in [6.07, 6.45) is 8.64. The number of rotatable bonds is 0. The van der Waals surface area contributed by atoms with E-state index in [-0.39, 0.29) is 0 Å². The summed E-state index contributed by atoms with van der Waals surface area (Å²) in [5.41, 5.74) is 2.65. The minimum atomic E-state index is 0.972. The Hall–Kier alpha value is -1.50. The lowest BCUT2D eigenvalue weighted by Gasteiger charge is -2.01. The van der Waals surface area contributed by atoms with E-state index in [0.29, 0.717) is 0 Å². The molecule has 0 unspecified atom stereocenters. The number of hydrogen-bond acceptors (Lipinski definition) is 1. The van der Waals surface area contributed by atoms with Crippen LogP contribution >= 0.6 is 0 Å². The Kier molecular flexibility index (Phi) is 1.01. The van der Waals surface area contributed by atoms with Gasteiger partial charge in [-0.15, -0.1) is 0 Å². The van der Waals surface area contributed by atoms with Gasteiger partial charge in [0.2, 0.25) is 0 Å². The predicted molar refractivity (Wildman–Crippen MR) is 52.1 cm³/mol. The molecule has 0 fully saturated rings. The summed E-state index contributed by atoms with van der Waals surface area (Å²) >= 11 is 0. The smallest absolute Gasteiger partial charge is 0.0493 e. The van der Waals surface area contributed by atoms with Gasteiger partial charge < -0.3 is 5.32 Å². The molecule has 0 saturated heterocycles. The van der Waals surface area contributed by atoms with Crippen molar-refractivity contribution in [2.45, 2.75) is 0 Å². The van der Waals surface area contributed by atoms with E-state index < -0.39 is 0 Å². The van der Waals surface area contributed by atoms with Gasteiger partial charge in [0.15, 0.2) is 0 Å². The van der Waals surface area contributed by atoms with Crippen molar-refractivity contribution < 1.29 is 0 Å². The second-order valence-corrected chi connectivity index (χ2v) is 3.14. The van der Waals surface area contributed by atoms with E-state index in [1.165, 1.54) is 21.7 Å². The molecule has 3 rings (SSSR count). The average molecular weight is 155 g/mol. The van der Waals surface area contributed by atoms with Gasteiger partial charge in [0.25, 0.3) is 0 Å². The quantitative estimate of drug-likeness (QED) is 0.581. The molecule has 58 valence electrons. The molecule has 1 heteroatoms. The van der Waals surface area contributed by atoms with Crippen LogP contribution in [0.3, 0.4) is 0 Å². The highest BCUT2D eigenvalue weighted by Gasteiger charge is 2.08. The maximum atomic E-state index is 3.37. The fourth-order valence-corrected chi connectivity index (χ4v) is 1.86. The molecule has 2 aliphatic rings. The summed E-state index contributed by atoms with van der Waals surface area (Å²) in [5.74, 6) is 0. The van der Waals surface area contributed by atoms with Crippen LogP contribution in [0.15, 0.2) is 18.2 Å². The molecule has 1 aromatic carbocycles. The molecule has 0 amide bonds. The van der Waals surface area contributed by atoms with E-state index in [1.54, 1.807) is 0 Å². The molecular weight excluding hydrogens is 146 g/mol. The molecule has 0 aromatic heterocycles. The number of hydrogen-bond donors (Lipinski definition) is 1. The molecule has 12 heavy (non-hydrogen) atoms. The number of anilines is 1. The Morgan fingerprint density at radius 3 is 3.08 bits per heavy atom. The van der Waals surface area contributed by atoms with E-state index in [2.05, 4.69) is 41.8 Å². The van der Waals surface area contributed by atoms with Crippen LogP contribution in [0.2, 0.25) is 0 Å². The first-order chi connectivity index (χ1) is 5.95. The first-order valence-electron chi connectivity index (χ1n) is 4.21. The third kappa shape index (κ3) is 0.632. The van der Waals surface area contributed by atoms with E-state index in [1.807, 2.05) is 0 Å². The molecule has 1 heterocycles. The minimum Gasteiger partial charge on any atom is -0.381 e. The van der Waals surface area contributed by atoms with Crippen LogP contribution in [-0.2, 0) is 0 Å². The largest absolute Gasteiger partial charge is 0.381 e. The summed E-state index contributed by atoms with van der Waals surface area (Å²) in [5, 5.41) is 6.05. The zero-order chi connectivity index (χ0) is 7.97. The van der Waals surface area contributed by atoms with Crippen LogP contribution in [0, 0.1) is 0 Å². The zero-order valence-corrected chi connectivity index (χ0v) is 6.67. The summed E-state index contributed by atoms with van der Waals surface area (Å²) < 4.78 is 0. The zero-order valence-electron chi connectivity index (χ0n) is 6.67. The van der Waals surface area contributed by atoms with Gasteiger partial charge >= 0.3 is 0 Å². The van der Waals surface area contributed by atoms with Crippen LogP contribution < -0.4 is 15.8 Å². The average Bonchev–Trinajstić information content (AvgIpc) is 2.71. The Bertz CT molecular complexity index is 480. The lowest BCUT2D eigenvalue weighted by Crippen LogP contribution is -2.12. The van der Waals surface area contributed by atoms with Crippen molar-refractivity contribution in [3.05, 3.63) is 34.2 Å². The van der Waals surface area contributed by atoms with Crippen molar-refractivity contribution in [2.24, 2.45) is 0 Å². The maximum absolute atomic E-state index is 3.37. The van der Waals surface area contributed by atoms with Crippen molar-refractivity contribution in [3.8, 4) is 0 Å². The molecule has 0 radical (unpaired) electrons. The highest BCUT2D eigenvalue weighted by molar-refractivity contribution is 5.78. The normalized spacial score (nSPS) is 16.0. The fourth-order valence-electron chi connectivity index (χ4n) is 1.86. The molecule has 1 aliphatic carbocycles. The van der Waals surface area contributed by atoms with Crippen LogP contribution in [-0.4, -0.2) is 6.54 Å². The summed E-state index contributed by atoms with van der Waals surface area (Å²) in [4.78, 5) is 0. The van der Waals surface area contributed by atoms with Crippen LogP contribution in [0.4, 0.5) is 5.69 Å². The summed E-state index contributed by atoms with van der Waals surface area (Å²) in [7, 11) is 0. The van der Waals surface area contributed by atoms with Gasteiger partial charge in [0, 0.05) is 17.8 Å². The Morgan fingerprint density at radius 1 is 1.17 bits per heavy atom. The number of allylic oxidation sites excluding steroid dienone is 1. The molecule has 1 N–H and O–H groups in total. The van der Waals surface area contributed by atoms with Crippen molar-refractivity contribution in [2.75, 3.05) is 11.9 Å². The van der Waals surface area contributed by atoms with Gasteiger partial charge in [-0.1, -0.05) is 36.4 Å². The third-order valence-corrected chi connectivity index (χ3v) is 2.45. The lowest BCUT2D eigenvalue weighted by molar-refractivity contribution is 1.43. The number of fused-ring (bicyclic) bond motifs is 3. The highest BCUT2D eigenvalue weighted by Crippen LogP contribution is 2.13.